The van der Waals surface area contributed by atoms with Crippen LogP contribution in [0.4, 0.5) is 0 Å². The molecule has 2 aromatic heterocycles. The van der Waals surface area contributed by atoms with Gasteiger partial charge >= 0.3 is 0 Å². The maximum atomic E-state index is 13.8. The van der Waals surface area contributed by atoms with Crippen molar-refractivity contribution >= 4 is 16.8 Å². The lowest BCUT2D eigenvalue weighted by Gasteiger charge is -2.46. The van der Waals surface area contributed by atoms with Crippen LogP contribution >= 0.6 is 0 Å². The number of aromatic nitrogens is 2. The minimum absolute atomic E-state index is 0.0626. The van der Waals surface area contributed by atoms with E-state index in [4.69, 9.17) is 0 Å². The van der Waals surface area contributed by atoms with Crippen molar-refractivity contribution in [3.8, 4) is 0 Å². The number of hydrogen-bond donors (Lipinski definition) is 0. The van der Waals surface area contributed by atoms with Crippen LogP contribution in [0.2, 0.25) is 0 Å². The minimum atomic E-state index is 0.0626. The number of carbonyl (C=O) groups is 1. The van der Waals surface area contributed by atoms with Crippen LogP contribution in [-0.2, 0) is 17.6 Å². The second kappa shape index (κ2) is 10.4. The van der Waals surface area contributed by atoms with Gasteiger partial charge in [0.05, 0.1) is 5.92 Å². The van der Waals surface area contributed by atoms with Crippen molar-refractivity contribution in [2.75, 3.05) is 26.7 Å². The summed E-state index contributed by atoms with van der Waals surface area (Å²) in [6.07, 6.45) is 10.3. The van der Waals surface area contributed by atoms with Gasteiger partial charge in [0.25, 0.3) is 0 Å². The van der Waals surface area contributed by atoms with Crippen LogP contribution in [0.25, 0.3) is 10.9 Å². The number of likely N-dealkylation sites (tertiary alicyclic amines) is 1. The number of nitrogens with zero attached hydrogens (tertiary/aromatic N) is 4. The number of carbonyl (C=O) groups excluding carboxylic acids is 1. The summed E-state index contributed by atoms with van der Waals surface area (Å²) in [6.45, 7) is 11.4. The number of rotatable bonds is 8. The van der Waals surface area contributed by atoms with E-state index in [1.54, 1.807) is 0 Å². The Morgan fingerprint density at radius 1 is 1.17 bits per heavy atom. The second-order valence-corrected chi connectivity index (χ2v) is 11.5. The van der Waals surface area contributed by atoms with E-state index in [9.17, 15) is 4.79 Å². The maximum Gasteiger partial charge on any atom is 0.226 e. The highest BCUT2D eigenvalue weighted by Gasteiger charge is 2.42. The highest BCUT2D eigenvalue weighted by atomic mass is 16.2. The van der Waals surface area contributed by atoms with Gasteiger partial charge in [0, 0.05) is 67.1 Å². The van der Waals surface area contributed by atoms with Gasteiger partial charge in [-0.1, -0.05) is 19.1 Å². The molecule has 5 nitrogen and oxygen atoms in total. The molecular weight excluding hydrogens is 444 g/mol. The molecular formula is C31H42N4O. The number of hydrogen-bond acceptors (Lipinski definition) is 3. The lowest BCUT2D eigenvalue weighted by atomic mass is 9.72. The molecule has 0 bridgehead atoms. The van der Waals surface area contributed by atoms with E-state index in [1.165, 1.54) is 27.6 Å². The van der Waals surface area contributed by atoms with Crippen LogP contribution in [0.15, 0.2) is 48.9 Å². The van der Waals surface area contributed by atoms with Crippen molar-refractivity contribution in [2.24, 2.45) is 11.8 Å². The van der Waals surface area contributed by atoms with Crippen LogP contribution in [0.5, 0.6) is 0 Å². The van der Waals surface area contributed by atoms with E-state index in [0.717, 1.165) is 45.3 Å². The third kappa shape index (κ3) is 4.70. The smallest absolute Gasteiger partial charge is 0.226 e. The first kappa shape index (κ1) is 25.0. The summed E-state index contributed by atoms with van der Waals surface area (Å²) >= 11 is 0. The number of benzene rings is 1. The molecule has 0 spiro atoms. The topological polar surface area (TPSA) is 41.4 Å². The van der Waals surface area contributed by atoms with Crippen LogP contribution in [0.3, 0.4) is 0 Å². The number of likely N-dealkylation sites (N-methyl/N-ethyl adjacent to an activating group) is 1. The largest absolute Gasteiger partial charge is 0.345 e. The van der Waals surface area contributed by atoms with Crippen molar-refractivity contribution < 1.29 is 4.79 Å². The number of piperidine rings is 1. The fraction of sp³-hybridized carbons (Fsp3) is 0.548. The standard InChI is InChI=1S/C31H42N4O/c1-6-34(18-22(4)10-11-23-12-14-32-15-13-23)31(36)25-16-27-26-8-7-9-28-30(26)24(20-35(28)21(2)3)17-29(27)33(5)19-25/h7-9,12-15,20-22,25,27,29H,6,10-11,16-19H2,1-5H3/t22?,25?,27-,29-/m1/s1. The molecule has 5 heteroatoms. The Morgan fingerprint density at radius 3 is 2.67 bits per heavy atom. The lowest BCUT2D eigenvalue weighted by Crippen LogP contribution is -2.52. The Balaban J connectivity index is 1.31. The summed E-state index contributed by atoms with van der Waals surface area (Å²) in [4.78, 5) is 22.6. The van der Waals surface area contributed by atoms with Crippen LogP contribution in [0.1, 0.15) is 69.2 Å². The first-order chi connectivity index (χ1) is 17.4. The molecule has 192 valence electrons. The molecule has 1 amide bonds. The van der Waals surface area contributed by atoms with Gasteiger partial charge in [0.2, 0.25) is 5.91 Å². The Morgan fingerprint density at radius 2 is 1.94 bits per heavy atom. The Bertz CT molecular complexity index is 1200. The van der Waals surface area contributed by atoms with E-state index in [1.807, 2.05) is 12.4 Å². The second-order valence-electron chi connectivity index (χ2n) is 11.5. The van der Waals surface area contributed by atoms with Crippen molar-refractivity contribution in [1.29, 1.82) is 0 Å². The van der Waals surface area contributed by atoms with Crippen molar-refractivity contribution in [3.05, 3.63) is 65.6 Å². The minimum Gasteiger partial charge on any atom is -0.345 e. The van der Waals surface area contributed by atoms with Crippen molar-refractivity contribution in [1.82, 2.24) is 19.4 Å². The molecule has 0 radical (unpaired) electrons. The van der Waals surface area contributed by atoms with Gasteiger partial charge < -0.3 is 14.4 Å². The van der Waals surface area contributed by atoms with E-state index < -0.39 is 0 Å². The zero-order valence-corrected chi connectivity index (χ0v) is 22.7. The SMILES string of the molecule is CCN(CC(C)CCc1ccncc1)C(=O)C1C[C@@H]2c3cccc4c3c(cn4C(C)C)C[C@H]2N(C)C1. The fourth-order valence-electron chi connectivity index (χ4n) is 6.74. The summed E-state index contributed by atoms with van der Waals surface area (Å²) in [5.74, 6) is 1.29. The highest BCUT2D eigenvalue weighted by molar-refractivity contribution is 5.89. The van der Waals surface area contributed by atoms with E-state index in [2.05, 4.69) is 90.6 Å². The summed E-state index contributed by atoms with van der Waals surface area (Å²) in [6, 6.07) is 11.9. The van der Waals surface area contributed by atoms with Crippen LogP contribution in [-0.4, -0.2) is 58.0 Å². The predicted octanol–water partition coefficient (Wildman–Crippen LogP) is 5.69. The normalized spacial score (nSPS) is 22.6. The summed E-state index contributed by atoms with van der Waals surface area (Å²) in [7, 11) is 2.23. The molecule has 3 heterocycles. The third-order valence-electron chi connectivity index (χ3n) is 8.68. The fourth-order valence-corrected chi connectivity index (χ4v) is 6.74. The van der Waals surface area contributed by atoms with Crippen molar-refractivity contribution in [3.63, 3.8) is 0 Å². The zero-order chi connectivity index (χ0) is 25.4. The third-order valence-corrected chi connectivity index (χ3v) is 8.68. The Kier molecular flexibility index (Phi) is 7.21. The van der Waals surface area contributed by atoms with Gasteiger partial charge in [-0.25, -0.2) is 0 Å². The molecule has 5 rings (SSSR count). The monoisotopic (exact) mass is 486 g/mol. The Labute approximate surface area is 216 Å². The molecule has 3 aromatic rings. The van der Waals surface area contributed by atoms with Crippen LogP contribution < -0.4 is 0 Å². The molecule has 36 heavy (non-hydrogen) atoms. The van der Waals surface area contributed by atoms with Gasteiger partial charge in [-0.05, 0) is 94.3 Å². The first-order valence-corrected chi connectivity index (χ1v) is 13.9. The quantitative estimate of drug-likeness (QED) is 0.410. The molecule has 1 aliphatic carbocycles. The summed E-state index contributed by atoms with van der Waals surface area (Å²) < 4.78 is 2.43. The molecule has 2 unspecified atom stereocenters. The maximum absolute atomic E-state index is 13.8. The molecule has 2 aliphatic rings. The lowest BCUT2D eigenvalue weighted by molar-refractivity contribution is -0.138. The molecule has 1 saturated heterocycles. The van der Waals surface area contributed by atoms with E-state index in [-0.39, 0.29) is 5.92 Å². The molecule has 4 atom stereocenters. The Hall–Kier alpha value is -2.66. The summed E-state index contributed by atoms with van der Waals surface area (Å²) in [5.41, 5.74) is 5.61. The number of fused-ring (bicyclic) bond motifs is 2. The molecule has 0 saturated carbocycles. The molecule has 0 N–H and O–H groups in total. The van der Waals surface area contributed by atoms with Gasteiger partial charge in [-0.2, -0.15) is 0 Å². The van der Waals surface area contributed by atoms with Gasteiger partial charge in [0.1, 0.15) is 0 Å². The average molecular weight is 487 g/mol. The van der Waals surface area contributed by atoms with Crippen LogP contribution in [0, 0.1) is 11.8 Å². The molecule has 1 aliphatic heterocycles. The number of aryl methyl sites for hydroxylation is 1. The summed E-state index contributed by atoms with van der Waals surface area (Å²) in [5, 5.41) is 1.45. The zero-order valence-electron chi connectivity index (χ0n) is 22.7. The van der Waals surface area contributed by atoms with Gasteiger partial charge in [0.15, 0.2) is 0 Å². The average Bonchev–Trinajstić information content (AvgIpc) is 3.27. The van der Waals surface area contributed by atoms with Gasteiger partial charge in [-0.15, -0.1) is 0 Å². The molecule has 1 fully saturated rings. The number of pyridine rings is 1. The van der Waals surface area contributed by atoms with E-state index in [0.29, 0.717) is 29.8 Å². The van der Waals surface area contributed by atoms with Crippen molar-refractivity contribution in [2.45, 2.75) is 71.4 Å². The predicted molar refractivity (Wildman–Crippen MR) is 147 cm³/mol. The first-order valence-electron chi connectivity index (χ1n) is 13.9. The molecule has 1 aromatic carbocycles. The highest BCUT2D eigenvalue weighted by Crippen LogP contribution is 2.45. The number of amides is 1. The van der Waals surface area contributed by atoms with E-state index >= 15 is 0 Å². The van der Waals surface area contributed by atoms with Gasteiger partial charge in [-0.3, -0.25) is 9.78 Å².